The zero-order valence-electron chi connectivity index (χ0n) is 16.1. The highest BCUT2D eigenvalue weighted by atomic mass is 32.1. The summed E-state index contributed by atoms with van der Waals surface area (Å²) < 4.78 is 10.5. The maximum Gasteiger partial charge on any atom is 0.262 e. The molecule has 3 rings (SSSR count). The van der Waals surface area contributed by atoms with Crippen LogP contribution in [-0.4, -0.2) is 30.1 Å². The Morgan fingerprint density at radius 2 is 1.89 bits per heavy atom. The van der Waals surface area contributed by atoms with Gasteiger partial charge in [-0.15, -0.1) is 11.3 Å². The van der Waals surface area contributed by atoms with Crippen LogP contribution in [0.5, 0.6) is 5.88 Å². The van der Waals surface area contributed by atoms with Gasteiger partial charge >= 0.3 is 0 Å². The lowest BCUT2D eigenvalue weighted by Gasteiger charge is -2.14. The van der Waals surface area contributed by atoms with Crippen LogP contribution in [0, 0.1) is 13.8 Å². The fraction of sp³-hybridized carbons (Fsp3) is 0.350. The van der Waals surface area contributed by atoms with E-state index in [1.54, 1.807) is 14.2 Å². The smallest absolute Gasteiger partial charge is 0.262 e. The van der Waals surface area contributed by atoms with Gasteiger partial charge in [0, 0.05) is 7.11 Å². The summed E-state index contributed by atoms with van der Waals surface area (Å²) in [6.07, 6.45) is 0. The maximum absolute atomic E-state index is 12.9. The molecule has 0 fully saturated rings. The number of aromatic nitrogens is 2. The van der Waals surface area contributed by atoms with E-state index in [4.69, 9.17) is 9.47 Å². The minimum absolute atomic E-state index is 0.0975. The van der Waals surface area contributed by atoms with E-state index in [2.05, 4.69) is 15.3 Å². The van der Waals surface area contributed by atoms with E-state index >= 15 is 0 Å². The molecule has 1 N–H and O–H groups in total. The molecule has 1 atom stereocenters. The monoisotopic (exact) mass is 385 g/mol. The van der Waals surface area contributed by atoms with Crippen molar-refractivity contribution in [1.82, 2.24) is 15.3 Å². The van der Waals surface area contributed by atoms with Gasteiger partial charge in [-0.25, -0.2) is 4.98 Å². The topological polar surface area (TPSA) is 73.3 Å². The van der Waals surface area contributed by atoms with Crippen molar-refractivity contribution < 1.29 is 14.3 Å². The van der Waals surface area contributed by atoms with Crippen LogP contribution in [-0.2, 0) is 11.3 Å². The Bertz CT molecular complexity index is 967. The van der Waals surface area contributed by atoms with Crippen molar-refractivity contribution in [2.45, 2.75) is 33.4 Å². The van der Waals surface area contributed by atoms with Gasteiger partial charge in [-0.1, -0.05) is 29.8 Å². The van der Waals surface area contributed by atoms with Gasteiger partial charge in [0.25, 0.3) is 5.91 Å². The Hall–Kier alpha value is -2.51. The molecule has 1 amide bonds. The fourth-order valence-electron chi connectivity index (χ4n) is 2.90. The number of amides is 1. The minimum atomic E-state index is -0.126. The average molecular weight is 385 g/mol. The number of rotatable bonds is 6. The highest BCUT2D eigenvalue weighted by molar-refractivity contribution is 7.20. The summed E-state index contributed by atoms with van der Waals surface area (Å²) in [5.74, 6) is 0.869. The highest BCUT2D eigenvalue weighted by Gasteiger charge is 2.22. The van der Waals surface area contributed by atoms with Crippen LogP contribution in [0.2, 0.25) is 0 Å². The number of aryl methyl sites for hydroxylation is 2. The number of benzene rings is 1. The first-order valence-electron chi connectivity index (χ1n) is 8.65. The lowest BCUT2D eigenvalue weighted by Crippen LogP contribution is -2.26. The molecule has 6 nitrogen and oxygen atoms in total. The molecule has 0 aliphatic carbocycles. The number of nitrogens with zero attached hydrogens (tertiary/aromatic N) is 2. The number of ether oxygens (including phenoxy) is 2. The highest BCUT2D eigenvalue weighted by Crippen LogP contribution is 2.35. The third-order valence-corrected chi connectivity index (χ3v) is 5.59. The quantitative estimate of drug-likeness (QED) is 0.695. The number of carbonyl (C=O) groups is 1. The van der Waals surface area contributed by atoms with E-state index in [0.717, 1.165) is 21.3 Å². The lowest BCUT2D eigenvalue weighted by molar-refractivity contribution is 0.0943. The maximum atomic E-state index is 12.9. The van der Waals surface area contributed by atoms with Crippen LogP contribution in [0.15, 0.2) is 24.3 Å². The van der Waals surface area contributed by atoms with Gasteiger partial charge in [0.2, 0.25) is 5.88 Å². The third kappa shape index (κ3) is 3.94. The van der Waals surface area contributed by atoms with Crippen molar-refractivity contribution in [3.8, 4) is 5.88 Å². The van der Waals surface area contributed by atoms with E-state index in [0.29, 0.717) is 16.6 Å². The van der Waals surface area contributed by atoms with Crippen LogP contribution in [0.25, 0.3) is 10.2 Å². The molecule has 1 aromatic carbocycles. The Kier molecular flexibility index (Phi) is 5.72. The van der Waals surface area contributed by atoms with Gasteiger partial charge in [-0.3, -0.25) is 4.79 Å². The zero-order chi connectivity index (χ0) is 19.6. The zero-order valence-corrected chi connectivity index (χ0v) is 16.9. The van der Waals surface area contributed by atoms with E-state index in [1.807, 2.05) is 45.0 Å². The number of nitrogens with one attached hydrogen (secondary N) is 1. The summed E-state index contributed by atoms with van der Waals surface area (Å²) in [6.45, 7) is 6.20. The van der Waals surface area contributed by atoms with Crippen molar-refractivity contribution in [2.24, 2.45) is 0 Å². The predicted octanol–water partition coefficient (Wildman–Crippen LogP) is 3.95. The summed E-state index contributed by atoms with van der Waals surface area (Å²) >= 11 is 1.34. The molecular formula is C20H23N3O3S. The first-order chi connectivity index (χ1) is 12.9. The first kappa shape index (κ1) is 19.3. The van der Waals surface area contributed by atoms with E-state index < -0.39 is 0 Å². The van der Waals surface area contributed by atoms with Crippen molar-refractivity contribution in [3.05, 3.63) is 51.7 Å². The Morgan fingerprint density at radius 3 is 2.52 bits per heavy atom. The van der Waals surface area contributed by atoms with Crippen LogP contribution < -0.4 is 10.1 Å². The SMILES string of the molecule is COCc1nc(OC)c2c(C)c(C(=O)NC(C)c3ccc(C)cc3)sc2n1. The largest absolute Gasteiger partial charge is 0.480 e. The van der Waals surface area contributed by atoms with Crippen LogP contribution in [0.1, 0.15) is 45.2 Å². The van der Waals surface area contributed by atoms with Crippen molar-refractivity contribution in [2.75, 3.05) is 14.2 Å². The van der Waals surface area contributed by atoms with Crippen LogP contribution in [0.3, 0.4) is 0 Å². The molecule has 0 saturated carbocycles. The molecule has 0 aliphatic heterocycles. The minimum Gasteiger partial charge on any atom is -0.480 e. The molecule has 0 bridgehead atoms. The third-order valence-electron chi connectivity index (χ3n) is 4.40. The number of fused-ring (bicyclic) bond motifs is 1. The average Bonchev–Trinajstić information content (AvgIpc) is 2.98. The molecule has 3 aromatic rings. The number of methoxy groups -OCH3 is 2. The summed E-state index contributed by atoms with van der Waals surface area (Å²) in [5.41, 5.74) is 3.08. The summed E-state index contributed by atoms with van der Waals surface area (Å²) in [5, 5.41) is 3.84. The van der Waals surface area contributed by atoms with E-state index in [9.17, 15) is 4.79 Å². The Balaban J connectivity index is 1.92. The van der Waals surface area contributed by atoms with Crippen LogP contribution >= 0.6 is 11.3 Å². The van der Waals surface area contributed by atoms with E-state index in [1.165, 1.54) is 16.9 Å². The molecule has 0 radical (unpaired) electrons. The van der Waals surface area contributed by atoms with Gasteiger partial charge in [0.1, 0.15) is 11.4 Å². The lowest BCUT2D eigenvalue weighted by atomic mass is 10.1. The molecule has 1 unspecified atom stereocenters. The van der Waals surface area contributed by atoms with Crippen molar-refractivity contribution in [1.29, 1.82) is 0 Å². The van der Waals surface area contributed by atoms with Gasteiger partial charge in [0.05, 0.1) is 23.4 Å². The number of thiophene rings is 1. The molecule has 0 aliphatic rings. The van der Waals surface area contributed by atoms with Crippen molar-refractivity contribution in [3.63, 3.8) is 0 Å². The standard InChI is InChI=1S/C20H23N3O3S/c1-11-6-8-14(9-7-11)13(3)21-18(24)17-12(2)16-19(26-5)22-15(10-25-4)23-20(16)27-17/h6-9,13H,10H2,1-5H3,(H,21,24). The number of hydrogen-bond acceptors (Lipinski definition) is 6. The molecule has 27 heavy (non-hydrogen) atoms. The summed E-state index contributed by atoms with van der Waals surface area (Å²) in [7, 11) is 3.15. The summed E-state index contributed by atoms with van der Waals surface area (Å²) in [6, 6.07) is 8.05. The summed E-state index contributed by atoms with van der Waals surface area (Å²) in [4.78, 5) is 23.1. The van der Waals surface area contributed by atoms with Crippen LogP contribution in [0.4, 0.5) is 0 Å². The van der Waals surface area contributed by atoms with Crippen molar-refractivity contribution >= 4 is 27.5 Å². The van der Waals surface area contributed by atoms with Gasteiger partial charge in [-0.05, 0) is 31.9 Å². The Morgan fingerprint density at radius 1 is 1.19 bits per heavy atom. The molecule has 142 valence electrons. The molecule has 0 spiro atoms. The second-order valence-corrected chi connectivity index (χ2v) is 7.42. The molecule has 7 heteroatoms. The Labute approximate surface area is 162 Å². The number of carbonyl (C=O) groups excluding carboxylic acids is 1. The number of hydrogen-bond donors (Lipinski definition) is 1. The normalized spacial score (nSPS) is 12.2. The predicted molar refractivity (Wildman–Crippen MR) is 106 cm³/mol. The second-order valence-electron chi connectivity index (χ2n) is 6.42. The van der Waals surface area contributed by atoms with E-state index in [-0.39, 0.29) is 18.6 Å². The fourth-order valence-corrected chi connectivity index (χ4v) is 4.00. The molecule has 2 heterocycles. The molecule has 2 aromatic heterocycles. The van der Waals surface area contributed by atoms with Gasteiger partial charge in [0.15, 0.2) is 5.82 Å². The molecular weight excluding hydrogens is 362 g/mol. The van der Waals surface area contributed by atoms with Gasteiger partial charge < -0.3 is 14.8 Å². The second kappa shape index (κ2) is 8.02. The first-order valence-corrected chi connectivity index (χ1v) is 9.46. The van der Waals surface area contributed by atoms with Gasteiger partial charge in [-0.2, -0.15) is 4.98 Å². The molecule has 0 saturated heterocycles.